The zero-order chi connectivity index (χ0) is 14.7. The number of halogens is 1. The van der Waals surface area contributed by atoms with Gasteiger partial charge in [0, 0.05) is 47.9 Å². The molecule has 1 heterocycles. The maximum atomic E-state index is 8.94. The summed E-state index contributed by atoms with van der Waals surface area (Å²) in [6.45, 7) is 8.40. The highest BCUT2D eigenvalue weighted by molar-refractivity contribution is 9.10. The monoisotopic (exact) mass is 340 g/mol. The molecule has 5 nitrogen and oxygen atoms in total. The van der Waals surface area contributed by atoms with Gasteiger partial charge in [-0.1, -0.05) is 21.1 Å². The van der Waals surface area contributed by atoms with Gasteiger partial charge in [-0.15, -0.1) is 0 Å². The lowest BCUT2D eigenvalue weighted by Crippen LogP contribution is -2.49. The Bertz CT molecular complexity index is 496. The van der Waals surface area contributed by atoms with Crippen LogP contribution in [0.25, 0.3) is 0 Å². The number of oxime groups is 1. The largest absolute Gasteiger partial charge is 0.409 e. The molecule has 0 unspecified atom stereocenters. The first kappa shape index (κ1) is 15.1. The van der Waals surface area contributed by atoms with Gasteiger partial charge in [0.05, 0.1) is 0 Å². The number of nitrogens with two attached hydrogens (primary N) is 1. The van der Waals surface area contributed by atoms with Crippen molar-refractivity contribution in [2.24, 2.45) is 10.9 Å². The summed E-state index contributed by atoms with van der Waals surface area (Å²) in [5.41, 5.74) is 7.57. The molecule has 0 spiro atoms. The molecule has 1 aromatic carbocycles. The summed E-state index contributed by atoms with van der Waals surface area (Å²) in [4.78, 5) is 4.75. The zero-order valence-corrected chi connectivity index (χ0v) is 13.5. The van der Waals surface area contributed by atoms with E-state index in [9.17, 15) is 0 Å². The predicted molar refractivity (Wildman–Crippen MR) is 85.6 cm³/mol. The molecule has 1 aliphatic heterocycles. The molecule has 0 atom stereocenters. The van der Waals surface area contributed by atoms with E-state index in [1.54, 1.807) is 0 Å². The average Bonchev–Trinajstić information content (AvgIpc) is 2.46. The van der Waals surface area contributed by atoms with E-state index < -0.39 is 0 Å². The van der Waals surface area contributed by atoms with E-state index in [0.29, 0.717) is 6.04 Å². The molecule has 1 aromatic rings. The number of benzene rings is 1. The lowest BCUT2D eigenvalue weighted by molar-refractivity contribution is 0.209. The lowest BCUT2D eigenvalue weighted by Gasteiger charge is -2.38. The van der Waals surface area contributed by atoms with E-state index in [1.807, 2.05) is 18.2 Å². The van der Waals surface area contributed by atoms with Gasteiger partial charge in [-0.2, -0.15) is 0 Å². The Balaban J connectivity index is 2.22. The van der Waals surface area contributed by atoms with E-state index in [1.165, 1.54) is 0 Å². The smallest absolute Gasteiger partial charge is 0.172 e. The highest BCUT2D eigenvalue weighted by Gasteiger charge is 2.21. The van der Waals surface area contributed by atoms with Gasteiger partial charge in [0.25, 0.3) is 0 Å². The number of anilines is 1. The van der Waals surface area contributed by atoms with Crippen molar-refractivity contribution in [2.75, 3.05) is 31.1 Å². The fourth-order valence-electron chi connectivity index (χ4n) is 2.52. The summed E-state index contributed by atoms with van der Waals surface area (Å²) in [7, 11) is 0. The third-order valence-electron chi connectivity index (χ3n) is 3.73. The molecule has 6 heteroatoms. The Hall–Kier alpha value is -1.27. The molecule has 1 fully saturated rings. The molecule has 0 amide bonds. The van der Waals surface area contributed by atoms with Crippen LogP contribution in [0.4, 0.5) is 5.69 Å². The van der Waals surface area contributed by atoms with Crippen LogP contribution in [0.5, 0.6) is 0 Å². The number of rotatable bonds is 3. The van der Waals surface area contributed by atoms with Crippen LogP contribution >= 0.6 is 15.9 Å². The second-order valence-electron chi connectivity index (χ2n) is 5.26. The van der Waals surface area contributed by atoms with E-state index in [2.05, 4.69) is 44.7 Å². The highest BCUT2D eigenvalue weighted by Crippen LogP contribution is 2.26. The maximum Gasteiger partial charge on any atom is 0.172 e. The fraction of sp³-hybridized carbons (Fsp3) is 0.500. The number of amidine groups is 1. The van der Waals surface area contributed by atoms with E-state index >= 15 is 0 Å². The van der Waals surface area contributed by atoms with Crippen LogP contribution < -0.4 is 10.6 Å². The fourth-order valence-corrected chi connectivity index (χ4v) is 2.88. The second-order valence-corrected chi connectivity index (χ2v) is 6.18. The standard InChI is InChI=1S/C14H21BrN4O/c1-10(2)18-5-7-19(8-6-18)13-4-3-11(15)9-12(13)14(16)17-20/h3-4,9-10,20H,5-8H2,1-2H3,(H2,16,17). The van der Waals surface area contributed by atoms with Gasteiger partial charge in [0.2, 0.25) is 0 Å². The van der Waals surface area contributed by atoms with Gasteiger partial charge in [0.15, 0.2) is 5.84 Å². The summed E-state index contributed by atoms with van der Waals surface area (Å²) >= 11 is 3.43. The molecule has 1 aliphatic rings. The Morgan fingerprint density at radius 2 is 1.95 bits per heavy atom. The molecule has 2 rings (SSSR count). The van der Waals surface area contributed by atoms with Crippen molar-refractivity contribution in [1.29, 1.82) is 0 Å². The molecule has 0 radical (unpaired) electrons. The minimum Gasteiger partial charge on any atom is -0.409 e. The summed E-state index contributed by atoms with van der Waals surface area (Å²) in [6, 6.07) is 6.46. The van der Waals surface area contributed by atoms with Crippen LogP contribution in [0.2, 0.25) is 0 Å². The predicted octanol–water partition coefficient (Wildman–Crippen LogP) is 2.07. The van der Waals surface area contributed by atoms with Gasteiger partial charge in [-0.25, -0.2) is 0 Å². The molecule has 110 valence electrons. The first-order valence-corrected chi connectivity index (χ1v) is 7.58. The molecular formula is C14H21BrN4O. The second kappa shape index (κ2) is 6.45. The van der Waals surface area contributed by atoms with Gasteiger partial charge >= 0.3 is 0 Å². The van der Waals surface area contributed by atoms with Crippen molar-refractivity contribution in [3.8, 4) is 0 Å². The Kier molecular flexibility index (Phi) is 4.88. The molecule has 1 saturated heterocycles. The molecule has 0 saturated carbocycles. The third-order valence-corrected chi connectivity index (χ3v) is 4.22. The van der Waals surface area contributed by atoms with Gasteiger partial charge in [-0.3, -0.25) is 4.90 Å². The molecule has 0 aliphatic carbocycles. The molecule has 0 aromatic heterocycles. The van der Waals surface area contributed by atoms with Crippen LogP contribution in [0, 0.1) is 0 Å². The van der Waals surface area contributed by atoms with Crippen LogP contribution in [0.1, 0.15) is 19.4 Å². The molecular weight excluding hydrogens is 320 g/mol. The quantitative estimate of drug-likeness (QED) is 0.382. The number of hydrogen-bond acceptors (Lipinski definition) is 4. The van der Waals surface area contributed by atoms with Crippen molar-refractivity contribution in [3.63, 3.8) is 0 Å². The van der Waals surface area contributed by atoms with Crippen molar-refractivity contribution < 1.29 is 5.21 Å². The van der Waals surface area contributed by atoms with E-state index in [0.717, 1.165) is 41.9 Å². The topological polar surface area (TPSA) is 65.1 Å². The summed E-state index contributed by atoms with van der Waals surface area (Å²) in [6.07, 6.45) is 0. The highest BCUT2D eigenvalue weighted by atomic mass is 79.9. The van der Waals surface area contributed by atoms with Crippen LogP contribution in [0.3, 0.4) is 0 Å². The van der Waals surface area contributed by atoms with Crippen LogP contribution in [-0.2, 0) is 0 Å². The minimum atomic E-state index is 0.146. The zero-order valence-electron chi connectivity index (χ0n) is 11.9. The summed E-state index contributed by atoms with van der Waals surface area (Å²) in [5.74, 6) is 0.146. The van der Waals surface area contributed by atoms with Crippen LogP contribution in [0.15, 0.2) is 27.8 Å². The van der Waals surface area contributed by atoms with Crippen molar-refractivity contribution in [2.45, 2.75) is 19.9 Å². The first-order chi connectivity index (χ1) is 9.52. The molecule has 20 heavy (non-hydrogen) atoms. The van der Waals surface area contributed by atoms with Crippen molar-refractivity contribution in [1.82, 2.24) is 4.90 Å². The molecule has 3 N–H and O–H groups in total. The maximum absolute atomic E-state index is 8.94. The van der Waals surface area contributed by atoms with E-state index in [4.69, 9.17) is 10.9 Å². The Morgan fingerprint density at radius 3 is 2.50 bits per heavy atom. The first-order valence-electron chi connectivity index (χ1n) is 6.79. The van der Waals surface area contributed by atoms with Crippen molar-refractivity contribution in [3.05, 3.63) is 28.2 Å². The van der Waals surface area contributed by atoms with Gasteiger partial charge in [-0.05, 0) is 32.0 Å². The number of nitrogens with zero attached hydrogens (tertiary/aromatic N) is 3. The summed E-state index contributed by atoms with van der Waals surface area (Å²) < 4.78 is 0.920. The van der Waals surface area contributed by atoms with Gasteiger partial charge < -0.3 is 15.8 Å². The van der Waals surface area contributed by atoms with Crippen molar-refractivity contribution >= 4 is 27.5 Å². The van der Waals surface area contributed by atoms with Gasteiger partial charge in [0.1, 0.15) is 0 Å². The third kappa shape index (κ3) is 3.24. The SMILES string of the molecule is CC(C)N1CCN(c2ccc(Br)cc2/C(N)=N/O)CC1. The molecule has 0 bridgehead atoms. The summed E-state index contributed by atoms with van der Waals surface area (Å²) in [5, 5.41) is 12.1. The number of hydrogen-bond donors (Lipinski definition) is 2. The van der Waals surface area contributed by atoms with E-state index in [-0.39, 0.29) is 5.84 Å². The Labute approximate surface area is 128 Å². The lowest BCUT2D eigenvalue weighted by atomic mass is 10.1. The number of piperazine rings is 1. The van der Waals surface area contributed by atoms with Crippen LogP contribution in [-0.4, -0.2) is 48.2 Å². The average molecular weight is 341 g/mol. The normalized spacial score (nSPS) is 17.8. The minimum absolute atomic E-state index is 0.146. The Morgan fingerprint density at radius 1 is 1.30 bits per heavy atom.